The molecule has 85 valence electrons. The van der Waals surface area contributed by atoms with Gasteiger partial charge in [0.25, 0.3) is 0 Å². The van der Waals surface area contributed by atoms with Crippen LogP contribution in [-0.4, -0.2) is 11.9 Å². The number of hydrogen-bond donors (Lipinski definition) is 0. The smallest absolute Gasteiger partial charge is 0.0385 e. The molecular weight excluding hydrogens is 374 g/mol. The monoisotopic (exact) mass is 383 g/mol. The van der Waals surface area contributed by atoms with E-state index in [1.165, 1.54) is 0 Å². The molecule has 1 radical (unpaired) electrons. The first kappa shape index (κ1) is 15.2. The van der Waals surface area contributed by atoms with Crippen LogP contribution in [0.2, 0.25) is 5.02 Å². The van der Waals surface area contributed by atoms with Gasteiger partial charge in [-0.05, 0) is 5.70 Å². The van der Waals surface area contributed by atoms with Gasteiger partial charge in [-0.25, -0.2) is 0 Å². The Bertz CT molecular complexity index is 491. The van der Waals surface area contributed by atoms with E-state index in [2.05, 4.69) is 28.6 Å². The number of halogens is 2. The molecule has 1 nitrogen and oxygen atoms in total. The first-order valence-electron chi connectivity index (χ1n) is 4.77. The third kappa shape index (κ3) is 3.32. The molecule has 0 spiro atoms. The van der Waals surface area contributed by atoms with Crippen molar-refractivity contribution in [3.63, 3.8) is 0 Å². The summed E-state index contributed by atoms with van der Waals surface area (Å²) in [6, 6.07) is 7.69. The molecule has 0 fully saturated rings. The molecule has 0 atom stereocenters. The molecule has 1 aromatic rings. The second-order valence-corrected chi connectivity index (χ2v) is 4.79. The van der Waals surface area contributed by atoms with Crippen molar-refractivity contribution in [2.24, 2.45) is 0 Å². The van der Waals surface area contributed by atoms with Crippen molar-refractivity contribution in [1.82, 2.24) is 4.90 Å². The Kier molecular flexibility index (Phi) is 5.65. The minimum absolute atomic E-state index is 0. The first-order chi connectivity index (χ1) is 7.59. The fourth-order valence-electron chi connectivity index (χ4n) is 1.49. The average molecular weight is 384 g/mol. The molecule has 1 aliphatic rings. The van der Waals surface area contributed by atoms with Gasteiger partial charge in [0.2, 0.25) is 0 Å². The summed E-state index contributed by atoms with van der Waals surface area (Å²) in [4.78, 5) is 1.99. The quantitative estimate of drug-likeness (QED) is 0.656. The van der Waals surface area contributed by atoms with Crippen LogP contribution in [0.5, 0.6) is 0 Å². The molecule has 0 unspecified atom stereocenters. The SMILES string of the molecule is C=C1C(Br)=C[C-]=C(c2ccc(Cl)cc2)N1C.[Y]. The van der Waals surface area contributed by atoms with Crippen molar-refractivity contribution < 1.29 is 32.7 Å². The molecule has 1 aliphatic heterocycles. The minimum Gasteiger partial charge on any atom is -0.378 e. The van der Waals surface area contributed by atoms with Crippen molar-refractivity contribution >= 4 is 33.2 Å². The molecule has 0 saturated heterocycles. The zero-order valence-electron chi connectivity index (χ0n) is 9.37. The zero-order valence-corrected chi connectivity index (χ0v) is 14.6. The van der Waals surface area contributed by atoms with Crippen molar-refractivity contribution in [1.29, 1.82) is 0 Å². The molecule has 0 saturated carbocycles. The fraction of sp³-hybridized carbons (Fsp3) is 0.0769. The molecule has 0 bridgehead atoms. The summed E-state index contributed by atoms with van der Waals surface area (Å²) < 4.78 is 0.952. The van der Waals surface area contributed by atoms with Crippen LogP contribution in [-0.2, 0) is 32.7 Å². The Morgan fingerprint density at radius 3 is 2.47 bits per heavy atom. The standard InChI is InChI=1S/C13H10BrClN.Y/c1-9-12(14)7-8-13(16(9)2)10-3-5-11(15)6-4-10;/h3-7H,1H2,2H3;/q-1;. The summed E-state index contributed by atoms with van der Waals surface area (Å²) in [5.41, 5.74) is 2.98. The van der Waals surface area contributed by atoms with E-state index in [0.29, 0.717) is 0 Å². The summed E-state index contributed by atoms with van der Waals surface area (Å²) in [7, 11) is 1.97. The van der Waals surface area contributed by atoms with Gasteiger partial charge in [0.15, 0.2) is 0 Å². The van der Waals surface area contributed by atoms with Gasteiger partial charge >= 0.3 is 0 Å². The Labute approximate surface area is 140 Å². The minimum atomic E-state index is 0. The molecule has 1 heterocycles. The predicted molar refractivity (Wildman–Crippen MR) is 72.0 cm³/mol. The Morgan fingerprint density at radius 2 is 1.88 bits per heavy atom. The summed E-state index contributed by atoms with van der Waals surface area (Å²) in [5.74, 6) is 0. The van der Waals surface area contributed by atoms with E-state index in [1.807, 2.05) is 42.3 Å². The Hall–Kier alpha value is 0.114. The second kappa shape index (κ2) is 6.33. The third-order valence-electron chi connectivity index (χ3n) is 2.47. The Balaban J connectivity index is 0.00000144. The number of allylic oxidation sites excluding steroid dienone is 3. The van der Waals surface area contributed by atoms with E-state index < -0.39 is 0 Å². The van der Waals surface area contributed by atoms with Gasteiger partial charge in [-0.3, -0.25) is 0 Å². The topological polar surface area (TPSA) is 3.24 Å². The number of benzene rings is 1. The summed E-state index contributed by atoms with van der Waals surface area (Å²) >= 11 is 9.29. The van der Waals surface area contributed by atoms with Crippen LogP contribution in [0.15, 0.2) is 47.1 Å². The third-order valence-corrected chi connectivity index (χ3v) is 3.41. The van der Waals surface area contributed by atoms with E-state index in [-0.39, 0.29) is 32.7 Å². The normalized spacial score (nSPS) is 15.0. The van der Waals surface area contributed by atoms with Crippen LogP contribution < -0.4 is 0 Å². The van der Waals surface area contributed by atoms with Gasteiger partial charge in [-0.1, -0.05) is 46.1 Å². The maximum atomic E-state index is 5.86. The van der Waals surface area contributed by atoms with Crippen LogP contribution in [0.25, 0.3) is 5.70 Å². The predicted octanol–water partition coefficient (Wildman–Crippen LogP) is 4.22. The first-order valence-corrected chi connectivity index (χ1v) is 5.95. The van der Waals surface area contributed by atoms with Crippen LogP contribution >= 0.6 is 27.5 Å². The van der Waals surface area contributed by atoms with E-state index in [0.717, 1.165) is 26.5 Å². The van der Waals surface area contributed by atoms with Gasteiger partial charge in [0.05, 0.1) is 0 Å². The van der Waals surface area contributed by atoms with Gasteiger partial charge in [-0.15, -0.1) is 28.1 Å². The van der Waals surface area contributed by atoms with Gasteiger partial charge in [0, 0.05) is 44.8 Å². The summed E-state index contributed by atoms with van der Waals surface area (Å²) in [5, 5.41) is 0.735. The van der Waals surface area contributed by atoms with Crippen LogP contribution in [0, 0.1) is 6.08 Å². The maximum Gasteiger partial charge on any atom is 0.0385 e. The largest absolute Gasteiger partial charge is 0.378 e. The van der Waals surface area contributed by atoms with Crippen molar-refractivity contribution in [3.8, 4) is 0 Å². The van der Waals surface area contributed by atoms with Crippen molar-refractivity contribution in [3.05, 3.63) is 63.8 Å². The van der Waals surface area contributed by atoms with E-state index in [4.69, 9.17) is 11.6 Å². The molecule has 0 aliphatic carbocycles. The molecule has 17 heavy (non-hydrogen) atoms. The van der Waals surface area contributed by atoms with Gasteiger partial charge in [0.1, 0.15) is 0 Å². The van der Waals surface area contributed by atoms with Crippen LogP contribution in [0.4, 0.5) is 0 Å². The number of rotatable bonds is 1. The van der Waals surface area contributed by atoms with E-state index >= 15 is 0 Å². The molecular formula is C13H10BrClNY-. The fourth-order valence-corrected chi connectivity index (χ4v) is 2.00. The molecule has 0 aromatic heterocycles. The summed E-state index contributed by atoms with van der Waals surface area (Å²) in [6.45, 7) is 3.99. The average Bonchev–Trinajstić information content (AvgIpc) is 2.28. The molecule has 0 amide bonds. The van der Waals surface area contributed by atoms with Crippen molar-refractivity contribution in [2.75, 3.05) is 7.05 Å². The van der Waals surface area contributed by atoms with Crippen molar-refractivity contribution in [2.45, 2.75) is 0 Å². The Morgan fingerprint density at radius 1 is 1.29 bits per heavy atom. The zero-order chi connectivity index (χ0) is 11.7. The second-order valence-electron chi connectivity index (χ2n) is 3.50. The molecule has 1 aromatic carbocycles. The molecule has 2 rings (SSSR count). The summed E-state index contributed by atoms with van der Waals surface area (Å²) in [6.07, 6.45) is 5.10. The van der Waals surface area contributed by atoms with Crippen LogP contribution in [0.1, 0.15) is 5.56 Å². The maximum absolute atomic E-state index is 5.86. The number of hydrogen-bond acceptors (Lipinski definition) is 1. The van der Waals surface area contributed by atoms with Crippen LogP contribution in [0.3, 0.4) is 0 Å². The number of likely N-dealkylation sites (N-methyl/N-ethyl adjacent to an activating group) is 1. The van der Waals surface area contributed by atoms with E-state index in [9.17, 15) is 0 Å². The van der Waals surface area contributed by atoms with Gasteiger partial charge < -0.3 is 4.90 Å². The van der Waals surface area contributed by atoms with E-state index in [1.54, 1.807) is 0 Å². The molecule has 4 heteroatoms. The molecule has 0 N–H and O–H groups in total. The van der Waals surface area contributed by atoms with Gasteiger partial charge in [-0.2, -0.15) is 12.2 Å². The number of nitrogens with zero attached hydrogens (tertiary/aromatic N) is 1.